The first-order valence-electron chi connectivity index (χ1n) is 6.57. The average molecular weight is 289 g/mol. The van der Waals surface area contributed by atoms with Gasteiger partial charge in [0, 0.05) is 25.7 Å². The molecule has 2 amide bonds. The average Bonchev–Trinajstić information content (AvgIpc) is 2.68. The smallest absolute Gasteiger partial charge is 0.329 e. The Labute approximate surface area is 118 Å². The van der Waals surface area contributed by atoms with Gasteiger partial charge in [0.2, 0.25) is 0 Å². The standard InChI is InChI=1S/C12H23N3O5/c1-14(2)6-9-5-10(16)7-15(9)12(19)13-3-4-20-8-11(17)18/h9-10,16H,3-8H2,1-2H3,(H,13,19)(H,17,18). The molecular formula is C12H23N3O5. The molecule has 1 saturated heterocycles. The van der Waals surface area contributed by atoms with Gasteiger partial charge in [-0.15, -0.1) is 0 Å². The van der Waals surface area contributed by atoms with Crippen LogP contribution in [0.5, 0.6) is 0 Å². The highest BCUT2D eigenvalue weighted by Gasteiger charge is 2.34. The number of amides is 2. The normalized spacial score (nSPS) is 22.3. The van der Waals surface area contributed by atoms with Crippen molar-refractivity contribution >= 4 is 12.0 Å². The number of aliphatic carboxylic acids is 1. The molecule has 1 aliphatic heterocycles. The number of carbonyl (C=O) groups is 2. The van der Waals surface area contributed by atoms with Gasteiger partial charge in [0.25, 0.3) is 0 Å². The first kappa shape index (κ1) is 16.7. The summed E-state index contributed by atoms with van der Waals surface area (Å²) in [5, 5.41) is 20.7. The van der Waals surface area contributed by atoms with Crippen molar-refractivity contribution in [2.24, 2.45) is 0 Å². The third-order valence-corrected chi connectivity index (χ3v) is 2.98. The molecule has 0 bridgehead atoms. The van der Waals surface area contributed by atoms with Crippen LogP contribution in [0.2, 0.25) is 0 Å². The number of aliphatic hydroxyl groups is 1. The lowest BCUT2D eigenvalue weighted by molar-refractivity contribution is -0.142. The van der Waals surface area contributed by atoms with Crippen molar-refractivity contribution in [2.45, 2.75) is 18.6 Å². The number of carboxylic acids is 1. The first-order chi connectivity index (χ1) is 9.40. The Hall–Kier alpha value is -1.38. The van der Waals surface area contributed by atoms with E-state index in [1.54, 1.807) is 4.90 Å². The molecule has 0 aromatic carbocycles. The van der Waals surface area contributed by atoms with E-state index in [9.17, 15) is 14.7 Å². The molecular weight excluding hydrogens is 266 g/mol. The Morgan fingerprint density at radius 3 is 2.75 bits per heavy atom. The summed E-state index contributed by atoms with van der Waals surface area (Å²) >= 11 is 0. The minimum atomic E-state index is -1.04. The van der Waals surface area contributed by atoms with Crippen LogP contribution in [0.25, 0.3) is 0 Å². The lowest BCUT2D eigenvalue weighted by Gasteiger charge is -2.26. The fourth-order valence-corrected chi connectivity index (χ4v) is 2.23. The number of hydrogen-bond donors (Lipinski definition) is 3. The SMILES string of the molecule is CN(C)CC1CC(O)CN1C(=O)NCCOCC(=O)O. The molecule has 0 radical (unpaired) electrons. The van der Waals surface area contributed by atoms with E-state index < -0.39 is 12.1 Å². The number of hydrogen-bond acceptors (Lipinski definition) is 5. The highest BCUT2D eigenvalue weighted by atomic mass is 16.5. The van der Waals surface area contributed by atoms with Crippen LogP contribution in [0.1, 0.15) is 6.42 Å². The molecule has 20 heavy (non-hydrogen) atoms. The number of ether oxygens (including phenoxy) is 1. The zero-order chi connectivity index (χ0) is 15.1. The molecule has 2 unspecified atom stereocenters. The van der Waals surface area contributed by atoms with E-state index in [2.05, 4.69) is 5.32 Å². The van der Waals surface area contributed by atoms with Crippen molar-refractivity contribution in [3.05, 3.63) is 0 Å². The van der Waals surface area contributed by atoms with Gasteiger partial charge >= 0.3 is 12.0 Å². The Bertz CT molecular complexity index is 337. The van der Waals surface area contributed by atoms with Gasteiger partial charge in [-0.1, -0.05) is 0 Å². The summed E-state index contributed by atoms with van der Waals surface area (Å²) < 4.78 is 4.83. The summed E-state index contributed by atoms with van der Waals surface area (Å²) in [6.07, 6.45) is 0.0788. The number of β-amino-alcohol motifs (C(OH)–C–C–N with tert-alkyl or cyclic N) is 1. The van der Waals surface area contributed by atoms with Crippen molar-refractivity contribution in [2.75, 3.05) is 46.9 Å². The van der Waals surface area contributed by atoms with Crippen LogP contribution in [0.4, 0.5) is 4.79 Å². The molecule has 0 aromatic rings. The molecule has 0 spiro atoms. The second-order valence-electron chi connectivity index (χ2n) is 5.14. The lowest BCUT2D eigenvalue weighted by Crippen LogP contribution is -2.47. The maximum atomic E-state index is 12.0. The summed E-state index contributed by atoms with van der Waals surface area (Å²) in [5.41, 5.74) is 0. The minimum absolute atomic E-state index is 0.0139. The highest BCUT2D eigenvalue weighted by Crippen LogP contribution is 2.18. The molecule has 0 aromatic heterocycles. The number of likely N-dealkylation sites (N-methyl/N-ethyl adjacent to an activating group) is 1. The van der Waals surface area contributed by atoms with E-state index in [0.29, 0.717) is 19.5 Å². The van der Waals surface area contributed by atoms with Gasteiger partial charge in [0.1, 0.15) is 6.61 Å². The topological polar surface area (TPSA) is 102 Å². The van der Waals surface area contributed by atoms with Crippen LogP contribution in [-0.4, -0.2) is 91.1 Å². The molecule has 1 aliphatic rings. The van der Waals surface area contributed by atoms with E-state index in [-0.39, 0.29) is 31.8 Å². The Morgan fingerprint density at radius 1 is 1.45 bits per heavy atom. The monoisotopic (exact) mass is 289 g/mol. The van der Waals surface area contributed by atoms with Crippen molar-refractivity contribution in [1.29, 1.82) is 0 Å². The van der Waals surface area contributed by atoms with Gasteiger partial charge in [-0.3, -0.25) is 0 Å². The van der Waals surface area contributed by atoms with Crippen LogP contribution < -0.4 is 5.32 Å². The lowest BCUT2D eigenvalue weighted by atomic mass is 10.2. The second kappa shape index (κ2) is 8.03. The number of likely N-dealkylation sites (tertiary alicyclic amines) is 1. The molecule has 0 saturated carbocycles. The maximum absolute atomic E-state index is 12.0. The van der Waals surface area contributed by atoms with E-state index >= 15 is 0 Å². The molecule has 116 valence electrons. The molecule has 2 atom stereocenters. The summed E-state index contributed by atoms with van der Waals surface area (Å²) in [5.74, 6) is -1.04. The van der Waals surface area contributed by atoms with Gasteiger partial charge in [-0.25, -0.2) is 9.59 Å². The van der Waals surface area contributed by atoms with Gasteiger partial charge in [-0.2, -0.15) is 0 Å². The number of carboxylic acid groups (broad SMARTS) is 1. The number of rotatable bonds is 7. The zero-order valence-corrected chi connectivity index (χ0v) is 11.9. The Balaban J connectivity index is 2.31. The highest BCUT2D eigenvalue weighted by molar-refractivity contribution is 5.75. The Kier molecular flexibility index (Phi) is 6.69. The van der Waals surface area contributed by atoms with Crippen molar-refractivity contribution < 1.29 is 24.5 Å². The fourth-order valence-electron chi connectivity index (χ4n) is 2.23. The molecule has 1 fully saturated rings. The third kappa shape index (κ3) is 5.72. The van der Waals surface area contributed by atoms with E-state index in [1.165, 1.54) is 0 Å². The Morgan fingerprint density at radius 2 is 2.15 bits per heavy atom. The molecule has 3 N–H and O–H groups in total. The first-order valence-corrected chi connectivity index (χ1v) is 6.57. The van der Waals surface area contributed by atoms with Crippen molar-refractivity contribution in [3.63, 3.8) is 0 Å². The van der Waals surface area contributed by atoms with Gasteiger partial charge < -0.3 is 30.1 Å². The molecule has 0 aliphatic carbocycles. The van der Waals surface area contributed by atoms with E-state index in [0.717, 1.165) is 0 Å². The predicted octanol–water partition coefficient (Wildman–Crippen LogP) is -1.21. The molecule has 8 heteroatoms. The summed E-state index contributed by atoms with van der Waals surface area (Å²) in [4.78, 5) is 25.8. The quantitative estimate of drug-likeness (QED) is 0.509. The van der Waals surface area contributed by atoms with Crippen LogP contribution in [0, 0.1) is 0 Å². The number of nitrogens with one attached hydrogen (secondary N) is 1. The third-order valence-electron chi connectivity index (χ3n) is 2.98. The predicted molar refractivity (Wildman–Crippen MR) is 71.5 cm³/mol. The van der Waals surface area contributed by atoms with E-state index in [1.807, 2.05) is 19.0 Å². The van der Waals surface area contributed by atoms with Crippen LogP contribution >= 0.6 is 0 Å². The molecule has 1 heterocycles. The minimum Gasteiger partial charge on any atom is -0.480 e. The number of nitrogens with zero attached hydrogens (tertiary/aromatic N) is 2. The van der Waals surface area contributed by atoms with E-state index in [4.69, 9.17) is 9.84 Å². The molecule has 1 rings (SSSR count). The summed E-state index contributed by atoms with van der Waals surface area (Å²) in [7, 11) is 3.83. The molecule has 8 nitrogen and oxygen atoms in total. The van der Waals surface area contributed by atoms with Gasteiger partial charge in [-0.05, 0) is 20.5 Å². The number of aliphatic hydroxyl groups excluding tert-OH is 1. The summed E-state index contributed by atoms with van der Waals surface area (Å²) in [6.45, 7) is 1.03. The van der Waals surface area contributed by atoms with Crippen LogP contribution in [0.3, 0.4) is 0 Å². The fraction of sp³-hybridized carbons (Fsp3) is 0.833. The number of urea groups is 1. The van der Waals surface area contributed by atoms with Gasteiger partial charge in [0.15, 0.2) is 0 Å². The van der Waals surface area contributed by atoms with Crippen molar-refractivity contribution in [1.82, 2.24) is 15.1 Å². The zero-order valence-electron chi connectivity index (χ0n) is 11.9. The van der Waals surface area contributed by atoms with Crippen LogP contribution in [-0.2, 0) is 9.53 Å². The number of carbonyl (C=O) groups excluding carboxylic acids is 1. The largest absolute Gasteiger partial charge is 0.480 e. The summed E-state index contributed by atoms with van der Waals surface area (Å²) in [6, 6.07) is -0.271. The van der Waals surface area contributed by atoms with Crippen molar-refractivity contribution in [3.8, 4) is 0 Å². The maximum Gasteiger partial charge on any atom is 0.329 e. The van der Waals surface area contributed by atoms with Gasteiger partial charge in [0.05, 0.1) is 12.7 Å². The van der Waals surface area contributed by atoms with Crippen LogP contribution in [0.15, 0.2) is 0 Å². The second-order valence-corrected chi connectivity index (χ2v) is 5.14.